The summed E-state index contributed by atoms with van der Waals surface area (Å²) in [4.78, 5) is 8.26. The third-order valence-corrected chi connectivity index (χ3v) is 4.73. The maximum Gasteiger partial charge on any atom is 0.229 e. The maximum atomic E-state index is 14.3. The molecule has 0 bridgehead atoms. The van der Waals surface area contributed by atoms with E-state index in [1.54, 1.807) is 24.1 Å². The van der Waals surface area contributed by atoms with Crippen LogP contribution in [0.4, 0.5) is 27.5 Å². The summed E-state index contributed by atoms with van der Waals surface area (Å²) in [7, 11) is 3.41. The van der Waals surface area contributed by atoms with Crippen molar-refractivity contribution in [2.45, 2.75) is 6.92 Å². The number of nitrogens with one attached hydrogen (secondary N) is 2. The number of fused-ring (bicyclic) bond motifs is 1. The van der Waals surface area contributed by atoms with Gasteiger partial charge >= 0.3 is 0 Å². The number of ether oxygens (including phenoxy) is 1. The first-order valence-corrected chi connectivity index (χ1v) is 9.15. The lowest BCUT2D eigenvalue weighted by atomic mass is 10.2. The molecule has 4 aromatic rings. The number of halogens is 2. The third kappa shape index (κ3) is 3.79. The molecule has 0 aliphatic heterocycles. The molecular weight excluding hydrogens is 395 g/mol. The minimum Gasteiger partial charge on any atom is -0.495 e. The lowest BCUT2D eigenvalue weighted by molar-refractivity contribution is 0.412. The van der Waals surface area contributed by atoms with Gasteiger partial charge in [0.1, 0.15) is 5.75 Å². The van der Waals surface area contributed by atoms with E-state index in [0.717, 1.165) is 22.7 Å². The number of rotatable bonds is 5. The number of aromatic nitrogens is 4. The van der Waals surface area contributed by atoms with Crippen LogP contribution in [0, 0.1) is 12.7 Å². The van der Waals surface area contributed by atoms with E-state index in [4.69, 9.17) is 16.3 Å². The largest absolute Gasteiger partial charge is 0.495 e. The van der Waals surface area contributed by atoms with E-state index in [1.807, 2.05) is 38.2 Å². The highest BCUT2D eigenvalue weighted by atomic mass is 35.5. The lowest BCUT2D eigenvalue weighted by Crippen LogP contribution is -2.04. The van der Waals surface area contributed by atoms with Crippen LogP contribution in [0.25, 0.3) is 10.9 Å². The molecule has 0 aliphatic rings. The van der Waals surface area contributed by atoms with Crippen molar-refractivity contribution in [3.05, 3.63) is 59.1 Å². The molecule has 4 rings (SSSR count). The predicted octanol–water partition coefficient (Wildman–Crippen LogP) is 4.96. The van der Waals surface area contributed by atoms with Gasteiger partial charge in [-0.2, -0.15) is 10.1 Å². The molecule has 7 nitrogen and oxygen atoms in total. The van der Waals surface area contributed by atoms with Gasteiger partial charge in [-0.25, -0.2) is 9.37 Å². The van der Waals surface area contributed by atoms with Crippen molar-refractivity contribution in [3.63, 3.8) is 0 Å². The normalized spacial score (nSPS) is 10.9. The van der Waals surface area contributed by atoms with E-state index in [-0.39, 0.29) is 11.8 Å². The number of nitrogens with zero attached hydrogens (tertiary/aromatic N) is 4. The van der Waals surface area contributed by atoms with Crippen LogP contribution in [0.2, 0.25) is 5.02 Å². The highest BCUT2D eigenvalue weighted by Crippen LogP contribution is 2.32. The van der Waals surface area contributed by atoms with E-state index in [2.05, 4.69) is 25.7 Å². The Morgan fingerprint density at radius 2 is 1.93 bits per heavy atom. The van der Waals surface area contributed by atoms with Gasteiger partial charge < -0.3 is 15.4 Å². The quantitative estimate of drug-likeness (QED) is 0.482. The summed E-state index contributed by atoms with van der Waals surface area (Å²) in [5.74, 6) is 0.325. The average molecular weight is 413 g/mol. The number of hydrogen-bond donors (Lipinski definition) is 2. The van der Waals surface area contributed by atoms with E-state index in [1.165, 1.54) is 0 Å². The second kappa shape index (κ2) is 7.56. The summed E-state index contributed by atoms with van der Waals surface area (Å²) >= 11 is 6.23. The molecule has 0 spiro atoms. The van der Waals surface area contributed by atoms with Gasteiger partial charge in [-0.05, 0) is 42.8 Å². The second-order valence-electron chi connectivity index (χ2n) is 6.49. The summed E-state index contributed by atoms with van der Waals surface area (Å²) in [5.41, 5.74) is 3.13. The molecule has 0 amide bonds. The standard InChI is InChI=1S/C20H18ClFN6O/c1-11-6-14(7-15(21)18(11)29-3)26-20-23-10-16(22)19(27-20)25-13-5-4-12-9-24-28(2)17(12)8-13/h4-10H,1-3H3,(H2,23,25,26,27). The lowest BCUT2D eigenvalue weighted by Gasteiger charge is -2.12. The molecule has 0 radical (unpaired) electrons. The van der Waals surface area contributed by atoms with Gasteiger partial charge in [0.05, 0.1) is 30.0 Å². The topological polar surface area (TPSA) is 76.9 Å². The summed E-state index contributed by atoms with van der Waals surface area (Å²) in [6, 6.07) is 9.17. The van der Waals surface area contributed by atoms with Crippen molar-refractivity contribution in [1.29, 1.82) is 0 Å². The minimum atomic E-state index is -0.565. The number of benzene rings is 2. The smallest absolute Gasteiger partial charge is 0.229 e. The molecule has 2 N–H and O–H groups in total. The van der Waals surface area contributed by atoms with Crippen LogP contribution < -0.4 is 15.4 Å². The Labute approximate surface area is 171 Å². The van der Waals surface area contributed by atoms with Crippen molar-refractivity contribution in [2.24, 2.45) is 7.05 Å². The number of methoxy groups -OCH3 is 1. The molecule has 148 valence electrons. The molecule has 0 atom stereocenters. The molecule has 2 heterocycles. The minimum absolute atomic E-state index is 0.0559. The Morgan fingerprint density at radius 3 is 2.69 bits per heavy atom. The number of aryl methyl sites for hydroxylation is 2. The summed E-state index contributed by atoms with van der Waals surface area (Å²) in [5, 5.41) is 11.7. The Balaban J connectivity index is 1.61. The maximum absolute atomic E-state index is 14.3. The fourth-order valence-electron chi connectivity index (χ4n) is 3.06. The Kier molecular flexibility index (Phi) is 4.94. The average Bonchev–Trinajstić information content (AvgIpc) is 3.05. The molecule has 2 aromatic carbocycles. The first-order valence-electron chi connectivity index (χ1n) is 8.77. The van der Waals surface area contributed by atoms with Crippen LogP contribution in [0.15, 0.2) is 42.7 Å². The van der Waals surface area contributed by atoms with Gasteiger partial charge in [-0.1, -0.05) is 11.6 Å². The molecule has 2 aromatic heterocycles. The highest BCUT2D eigenvalue weighted by molar-refractivity contribution is 6.32. The Morgan fingerprint density at radius 1 is 1.10 bits per heavy atom. The number of hydrogen-bond acceptors (Lipinski definition) is 6. The molecule has 0 saturated carbocycles. The van der Waals surface area contributed by atoms with Gasteiger partial charge in [-0.3, -0.25) is 4.68 Å². The summed E-state index contributed by atoms with van der Waals surface area (Å²) < 4.78 is 21.3. The van der Waals surface area contributed by atoms with E-state index < -0.39 is 5.82 Å². The molecule has 9 heteroatoms. The number of anilines is 4. The summed E-state index contributed by atoms with van der Waals surface area (Å²) in [6.07, 6.45) is 2.88. The molecule has 0 saturated heterocycles. The first-order chi connectivity index (χ1) is 13.9. The first kappa shape index (κ1) is 18.9. The van der Waals surface area contributed by atoms with Gasteiger partial charge in [0.25, 0.3) is 0 Å². The third-order valence-electron chi connectivity index (χ3n) is 4.45. The van der Waals surface area contributed by atoms with Gasteiger partial charge in [0.2, 0.25) is 5.95 Å². The van der Waals surface area contributed by atoms with Crippen molar-refractivity contribution in [2.75, 3.05) is 17.7 Å². The molecule has 0 unspecified atom stereocenters. The van der Waals surface area contributed by atoms with Crippen molar-refractivity contribution < 1.29 is 9.13 Å². The van der Waals surface area contributed by atoms with Crippen molar-refractivity contribution in [1.82, 2.24) is 19.7 Å². The van der Waals surface area contributed by atoms with Crippen LogP contribution in [0.1, 0.15) is 5.56 Å². The highest BCUT2D eigenvalue weighted by Gasteiger charge is 2.11. The molecule has 29 heavy (non-hydrogen) atoms. The van der Waals surface area contributed by atoms with Crippen molar-refractivity contribution >= 4 is 45.6 Å². The van der Waals surface area contributed by atoms with Crippen LogP contribution >= 0.6 is 11.6 Å². The molecule has 0 aliphatic carbocycles. The van der Waals surface area contributed by atoms with Crippen molar-refractivity contribution in [3.8, 4) is 5.75 Å². The van der Waals surface area contributed by atoms with Crippen LogP contribution in [0.5, 0.6) is 5.75 Å². The van der Waals surface area contributed by atoms with Gasteiger partial charge in [0.15, 0.2) is 11.6 Å². The zero-order valence-corrected chi connectivity index (χ0v) is 16.8. The SMILES string of the molecule is COc1c(C)cc(Nc2ncc(F)c(Nc3ccc4cnn(C)c4c3)n2)cc1Cl. The fraction of sp³-hybridized carbons (Fsp3) is 0.150. The molecule has 0 fully saturated rings. The predicted molar refractivity (Wildman–Crippen MR) is 112 cm³/mol. The Hall–Kier alpha value is -3.39. The van der Waals surface area contributed by atoms with E-state index in [0.29, 0.717) is 22.1 Å². The fourth-order valence-corrected chi connectivity index (χ4v) is 3.41. The van der Waals surface area contributed by atoms with Crippen LogP contribution in [0.3, 0.4) is 0 Å². The summed E-state index contributed by atoms with van der Waals surface area (Å²) in [6.45, 7) is 1.88. The monoisotopic (exact) mass is 412 g/mol. The zero-order valence-electron chi connectivity index (χ0n) is 16.0. The van der Waals surface area contributed by atoms with Gasteiger partial charge in [0, 0.05) is 23.8 Å². The van der Waals surface area contributed by atoms with E-state index in [9.17, 15) is 4.39 Å². The van der Waals surface area contributed by atoms with Crippen LogP contribution in [-0.4, -0.2) is 26.9 Å². The van der Waals surface area contributed by atoms with Crippen LogP contribution in [-0.2, 0) is 7.05 Å². The second-order valence-corrected chi connectivity index (χ2v) is 6.90. The Bertz CT molecular complexity index is 1190. The molecular formula is C20H18ClFN6O. The zero-order chi connectivity index (χ0) is 20.5. The van der Waals surface area contributed by atoms with Gasteiger partial charge in [-0.15, -0.1) is 0 Å². The van der Waals surface area contributed by atoms with E-state index >= 15 is 0 Å².